The smallest absolute Gasteiger partial charge is 0.329 e. The van der Waals surface area contributed by atoms with Gasteiger partial charge in [-0.15, -0.1) is 0 Å². The zero-order valence-corrected chi connectivity index (χ0v) is 24.0. The average molecular weight is 614 g/mol. The van der Waals surface area contributed by atoms with Crippen molar-refractivity contribution in [2.45, 2.75) is 64.1 Å². The number of hydrogen-bond acceptors (Lipinski definition) is 7. The molecule has 0 aliphatic carbocycles. The molecule has 2 heterocycles. The highest BCUT2D eigenvalue weighted by Gasteiger charge is 2.38. The van der Waals surface area contributed by atoms with Crippen molar-refractivity contribution in [2.75, 3.05) is 26.3 Å². The van der Waals surface area contributed by atoms with Crippen LogP contribution in [0.25, 0.3) is 0 Å². The molecule has 2 aliphatic rings. The minimum Gasteiger partial charge on any atom is -0.480 e. The molecule has 1 aromatic carbocycles. The third-order valence-electron chi connectivity index (χ3n) is 5.97. The topological polar surface area (TPSA) is 123 Å². The molecule has 2 aliphatic heterocycles. The highest BCUT2D eigenvalue weighted by Crippen LogP contribution is 2.50. The molecule has 0 spiro atoms. The number of amides is 2. The first-order chi connectivity index (χ1) is 17.7. The first-order valence-electron chi connectivity index (χ1n) is 11.9. The maximum absolute atomic E-state index is 13.0. The second kappa shape index (κ2) is 12.4. The van der Waals surface area contributed by atoms with E-state index in [1.54, 1.807) is 20.8 Å². The third kappa shape index (κ3) is 6.89. The lowest BCUT2D eigenvalue weighted by molar-refractivity contribution is -0.163. The molecule has 0 radical (unpaired) electrons. The maximum atomic E-state index is 13.0. The molecule has 38 heavy (non-hydrogen) atoms. The Bertz CT molecular complexity index is 1120. The number of rotatable bonds is 8. The van der Waals surface area contributed by atoms with Crippen molar-refractivity contribution in [1.82, 2.24) is 9.80 Å². The van der Waals surface area contributed by atoms with Crippen LogP contribution in [0.3, 0.4) is 0 Å². The lowest BCUT2D eigenvalue weighted by Crippen LogP contribution is -2.45. The van der Waals surface area contributed by atoms with E-state index < -0.39 is 54.7 Å². The van der Waals surface area contributed by atoms with Gasteiger partial charge in [-0.2, -0.15) is 0 Å². The number of hydrogen-bond donors (Lipinski definition) is 1. The number of carbonyl (C=O) groups excluding carboxylic acids is 3. The Morgan fingerprint density at radius 3 is 1.63 bits per heavy atom. The van der Waals surface area contributed by atoms with Crippen LogP contribution < -0.4 is 9.47 Å². The second-order valence-electron chi connectivity index (χ2n) is 9.85. The zero-order chi connectivity index (χ0) is 28.4. The molecule has 1 aromatic rings. The Balaban J connectivity index is 1.76. The summed E-state index contributed by atoms with van der Waals surface area (Å²) in [5.41, 5.74) is -0.710. The molecule has 2 atom stereocenters. The first-order valence-corrected chi connectivity index (χ1v) is 13.4. The highest BCUT2D eigenvalue weighted by molar-refractivity contribution is 6.53. The lowest BCUT2D eigenvalue weighted by atomic mass is 10.1. The van der Waals surface area contributed by atoms with Gasteiger partial charge in [0.1, 0.15) is 27.7 Å². The molecule has 2 amide bonds. The van der Waals surface area contributed by atoms with Crippen molar-refractivity contribution >= 4 is 70.2 Å². The van der Waals surface area contributed by atoms with Crippen molar-refractivity contribution in [3.63, 3.8) is 0 Å². The molecule has 210 valence electrons. The Labute approximate surface area is 240 Å². The minimum absolute atomic E-state index is 0.155. The van der Waals surface area contributed by atoms with E-state index in [-0.39, 0.29) is 38.1 Å². The molecule has 3 rings (SSSR count). The van der Waals surface area contributed by atoms with Crippen LogP contribution in [0.5, 0.6) is 11.5 Å². The van der Waals surface area contributed by atoms with E-state index >= 15 is 0 Å². The summed E-state index contributed by atoms with van der Waals surface area (Å²) in [5.74, 6) is -3.18. The van der Waals surface area contributed by atoms with Gasteiger partial charge in [0.15, 0.2) is 24.7 Å². The quantitative estimate of drug-likeness (QED) is 0.259. The number of aliphatic carboxylic acids is 1. The summed E-state index contributed by atoms with van der Waals surface area (Å²) in [6.45, 7) is 4.68. The van der Waals surface area contributed by atoms with Crippen molar-refractivity contribution in [3.05, 3.63) is 20.1 Å². The summed E-state index contributed by atoms with van der Waals surface area (Å²) < 4.78 is 16.7. The summed E-state index contributed by atoms with van der Waals surface area (Å²) in [4.78, 5) is 52.3. The first kappa shape index (κ1) is 30.4. The molecule has 0 bridgehead atoms. The number of carbonyl (C=O) groups is 4. The second-order valence-corrected chi connectivity index (χ2v) is 11.4. The summed E-state index contributed by atoms with van der Waals surface area (Å²) in [7, 11) is 0. The van der Waals surface area contributed by atoms with E-state index in [0.717, 1.165) is 0 Å². The average Bonchev–Trinajstić information content (AvgIpc) is 3.52. The van der Waals surface area contributed by atoms with Crippen molar-refractivity contribution in [1.29, 1.82) is 0 Å². The molecular weight excluding hydrogens is 586 g/mol. The number of likely N-dealkylation sites (tertiary alicyclic amines) is 2. The van der Waals surface area contributed by atoms with Crippen LogP contribution in [-0.4, -0.2) is 82.6 Å². The fourth-order valence-corrected chi connectivity index (χ4v) is 5.21. The van der Waals surface area contributed by atoms with Crippen LogP contribution in [0, 0.1) is 0 Å². The van der Waals surface area contributed by atoms with Crippen molar-refractivity contribution in [2.24, 2.45) is 0 Å². The van der Waals surface area contributed by atoms with E-state index in [9.17, 15) is 24.3 Å². The molecule has 2 fully saturated rings. The van der Waals surface area contributed by atoms with Gasteiger partial charge in [0, 0.05) is 13.1 Å². The summed E-state index contributed by atoms with van der Waals surface area (Å²) in [6.07, 6.45) is 1.93. The molecule has 0 saturated carbocycles. The minimum atomic E-state index is -1.11. The van der Waals surface area contributed by atoms with Gasteiger partial charge in [0.05, 0.1) is 10.0 Å². The zero-order valence-electron chi connectivity index (χ0n) is 21.0. The van der Waals surface area contributed by atoms with Gasteiger partial charge in [0.25, 0.3) is 11.8 Å². The van der Waals surface area contributed by atoms with Crippen LogP contribution in [0.4, 0.5) is 0 Å². The predicted octanol–water partition coefficient (Wildman–Crippen LogP) is 4.47. The van der Waals surface area contributed by atoms with Gasteiger partial charge in [-0.3, -0.25) is 9.59 Å². The van der Waals surface area contributed by atoms with E-state index in [4.69, 9.17) is 60.6 Å². The van der Waals surface area contributed by atoms with Crippen LogP contribution >= 0.6 is 46.4 Å². The number of halogens is 4. The Morgan fingerprint density at radius 2 is 1.21 bits per heavy atom. The fraction of sp³-hybridized carbons (Fsp3) is 0.583. The molecule has 10 nitrogen and oxygen atoms in total. The van der Waals surface area contributed by atoms with E-state index in [2.05, 4.69) is 0 Å². The summed E-state index contributed by atoms with van der Waals surface area (Å²) >= 11 is 25.0. The van der Waals surface area contributed by atoms with Crippen LogP contribution in [0.15, 0.2) is 0 Å². The molecule has 0 unspecified atom stereocenters. The van der Waals surface area contributed by atoms with Crippen molar-refractivity contribution < 1.29 is 38.5 Å². The predicted molar refractivity (Wildman–Crippen MR) is 140 cm³/mol. The van der Waals surface area contributed by atoms with Crippen molar-refractivity contribution in [3.8, 4) is 11.5 Å². The number of esters is 1. The van der Waals surface area contributed by atoms with Crippen LogP contribution in [0.2, 0.25) is 20.1 Å². The molecule has 0 aromatic heterocycles. The Morgan fingerprint density at radius 1 is 0.789 bits per heavy atom. The Hall–Kier alpha value is -2.14. The van der Waals surface area contributed by atoms with Gasteiger partial charge in [-0.1, -0.05) is 46.4 Å². The summed E-state index contributed by atoms with van der Waals surface area (Å²) in [6, 6.07) is -1.71. The van der Waals surface area contributed by atoms with E-state index in [1.807, 2.05) is 0 Å². The molecule has 2 saturated heterocycles. The number of carboxylic acid groups (broad SMARTS) is 1. The number of benzene rings is 1. The molecule has 1 N–H and O–H groups in total. The largest absolute Gasteiger partial charge is 0.480 e. The fourth-order valence-electron chi connectivity index (χ4n) is 4.28. The van der Waals surface area contributed by atoms with Crippen LogP contribution in [-0.2, 0) is 23.9 Å². The van der Waals surface area contributed by atoms with E-state index in [0.29, 0.717) is 32.2 Å². The summed E-state index contributed by atoms with van der Waals surface area (Å²) in [5, 5.41) is 8.61. The molecular formula is C24H28Cl4N2O8. The number of ether oxygens (including phenoxy) is 3. The monoisotopic (exact) mass is 612 g/mol. The maximum Gasteiger partial charge on any atom is 0.329 e. The van der Waals surface area contributed by atoms with E-state index in [1.165, 1.54) is 9.80 Å². The Kier molecular flexibility index (Phi) is 9.89. The van der Waals surface area contributed by atoms with Gasteiger partial charge in [-0.05, 0) is 46.5 Å². The SMILES string of the molecule is CC(C)(C)OC(=O)[C@H]1CCCN1C(=O)COc1c(Cl)c(Cl)c(Cl)c(Cl)c1OCC(=O)N1CCC[C@@H]1C(=O)O. The van der Waals surface area contributed by atoms with Gasteiger partial charge in [-0.25, -0.2) is 9.59 Å². The van der Waals surface area contributed by atoms with Gasteiger partial charge in [0.2, 0.25) is 0 Å². The standard InChI is InChI=1S/C24H28Cl4N2O8/c1-24(2,3)38-23(35)13-7-5-9-30(13)15(32)11-37-21-19(28)17(26)16(25)18(27)20(21)36-10-14(31)29-8-4-6-12(29)22(33)34/h12-13H,4-11H2,1-3H3,(H,33,34)/t12-,13-/m1/s1. The molecule has 14 heteroatoms. The lowest BCUT2D eigenvalue weighted by Gasteiger charge is -2.27. The number of nitrogens with zero attached hydrogens (tertiary/aromatic N) is 2. The number of carboxylic acids is 1. The van der Waals surface area contributed by atoms with Gasteiger partial charge >= 0.3 is 11.9 Å². The normalized spacial score (nSPS) is 19.4. The highest BCUT2D eigenvalue weighted by atomic mass is 35.5. The van der Waals surface area contributed by atoms with Gasteiger partial charge < -0.3 is 29.1 Å². The van der Waals surface area contributed by atoms with Crippen LogP contribution in [0.1, 0.15) is 46.5 Å². The third-order valence-corrected chi connectivity index (χ3v) is 7.74.